The molecular formula is C34H31F2N5O3. The van der Waals surface area contributed by atoms with E-state index in [2.05, 4.69) is 19.9 Å². The molecule has 0 bridgehead atoms. The molecule has 5 aromatic rings. The van der Waals surface area contributed by atoms with Crippen molar-refractivity contribution in [2.45, 2.75) is 6.92 Å². The zero-order valence-corrected chi connectivity index (χ0v) is 24.4. The smallest absolute Gasteiger partial charge is 0.336 e. The summed E-state index contributed by atoms with van der Waals surface area (Å²) in [5, 5.41) is 9.36. The van der Waals surface area contributed by atoms with Crippen molar-refractivity contribution >= 4 is 28.9 Å². The van der Waals surface area contributed by atoms with Crippen molar-refractivity contribution < 1.29 is 23.4 Å². The molecule has 0 aliphatic rings. The van der Waals surface area contributed by atoms with Gasteiger partial charge in [-0.3, -0.25) is 4.99 Å². The zero-order valence-electron chi connectivity index (χ0n) is 24.4. The molecule has 0 spiro atoms. The number of nitrogens with two attached hydrogens (primary N) is 1. The summed E-state index contributed by atoms with van der Waals surface area (Å²) in [6.45, 7) is 3.21. The van der Waals surface area contributed by atoms with Gasteiger partial charge in [0.2, 0.25) is 0 Å². The largest absolute Gasteiger partial charge is 0.478 e. The van der Waals surface area contributed by atoms with Gasteiger partial charge in [-0.05, 0) is 67.0 Å². The Balaban J connectivity index is 1.34. The Bertz CT molecular complexity index is 1880. The number of carbonyl (C=O) groups is 1. The predicted molar refractivity (Wildman–Crippen MR) is 169 cm³/mol. The summed E-state index contributed by atoms with van der Waals surface area (Å²) < 4.78 is 36.4. The lowest BCUT2D eigenvalue weighted by Crippen LogP contribution is -2.15. The predicted octanol–water partition coefficient (Wildman–Crippen LogP) is 6.91. The van der Waals surface area contributed by atoms with Crippen LogP contribution >= 0.6 is 0 Å². The van der Waals surface area contributed by atoms with Crippen LogP contribution in [0, 0.1) is 18.6 Å². The van der Waals surface area contributed by atoms with E-state index in [1.54, 1.807) is 55.6 Å². The third-order valence-electron chi connectivity index (χ3n) is 7.06. The number of fused-ring (bicyclic) bond motifs is 1. The Morgan fingerprint density at radius 2 is 1.68 bits per heavy atom. The Morgan fingerprint density at radius 1 is 1.02 bits per heavy atom. The number of rotatable bonds is 10. The fourth-order valence-corrected chi connectivity index (χ4v) is 4.62. The second kappa shape index (κ2) is 12.9. The Morgan fingerprint density at radius 3 is 2.34 bits per heavy atom. The fraction of sp³-hybridized carbons (Fsp3) is 0.147. The summed E-state index contributed by atoms with van der Waals surface area (Å²) in [5.74, 6) is -2.52. The first-order chi connectivity index (χ1) is 21.1. The van der Waals surface area contributed by atoms with Gasteiger partial charge in [-0.15, -0.1) is 0 Å². The van der Waals surface area contributed by atoms with Crippen molar-refractivity contribution in [1.29, 1.82) is 0 Å². The van der Waals surface area contributed by atoms with E-state index >= 15 is 8.78 Å². The zero-order chi connectivity index (χ0) is 31.4. The van der Waals surface area contributed by atoms with Gasteiger partial charge in [-0.2, -0.15) is 4.98 Å². The second-order valence-electron chi connectivity index (χ2n) is 10.5. The van der Waals surface area contributed by atoms with Gasteiger partial charge in [-0.25, -0.2) is 13.6 Å². The SMILES string of the molecule is Cc1ccc(Oc2nc3c(F)c(-c4ccc(-c5ccc(C(N)=CC=NCCN(C)C)cc5)cc4)c(F)cc3[nH]2)cc1C(=O)O. The monoisotopic (exact) mass is 595 g/mol. The number of aryl methyl sites for hydroxylation is 1. The molecule has 0 saturated heterocycles. The number of benzene rings is 4. The van der Waals surface area contributed by atoms with Gasteiger partial charge in [0.05, 0.1) is 23.2 Å². The molecule has 1 aromatic heterocycles. The number of ether oxygens (including phenoxy) is 1. The van der Waals surface area contributed by atoms with E-state index in [0.29, 0.717) is 23.4 Å². The molecule has 0 atom stereocenters. The maximum absolute atomic E-state index is 15.6. The van der Waals surface area contributed by atoms with Crippen LogP contribution < -0.4 is 10.5 Å². The molecule has 0 saturated carbocycles. The second-order valence-corrected chi connectivity index (χ2v) is 10.5. The Kier molecular flexibility index (Phi) is 8.82. The van der Waals surface area contributed by atoms with Crippen LogP contribution in [-0.4, -0.2) is 59.3 Å². The number of nitrogens with zero attached hydrogens (tertiary/aromatic N) is 3. The molecule has 224 valence electrons. The van der Waals surface area contributed by atoms with Crippen LogP contribution in [-0.2, 0) is 0 Å². The molecule has 4 aromatic carbocycles. The lowest BCUT2D eigenvalue weighted by molar-refractivity contribution is 0.0695. The number of carboxylic acids is 1. The van der Waals surface area contributed by atoms with Crippen LogP contribution in [0.25, 0.3) is 39.0 Å². The summed E-state index contributed by atoms with van der Waals surface area (Å²) in [7, 11) is 3.99. The number of likely N-dealkylation sites (N-methyl/N-ethyl adjacent to an activating group) is 1. The highest BCUT2D eigenvalue weighted by Gasteiger charge is 2.20. The van der Waals surface area contributed by atoms with Crippen LogP contribution in [0.4, 0.5) is 8.78 Å². The number of H-pyrrole nitrogens is 1. The van der Waals surface area contributed by atoms with Gasteiger partial charge in [0, 0.05) is 24.5 Å². The van der Waals surface area contributed by atoms with Crippen molar-refractivity contribution in [2.75, 3.05) is 27.2 Å². The molecule has 0 unspecified atom stereocenters. The minimum Gasteiger partial charge on any atom is -0.478 e. The first-order valence-corrected chi connectivity index (χ1v) is 13.8. The van der Waals surface area contributed by atoms with Crippen LogP contribution in [0.3, 0.4) is 0 Å². The van der Waals surface area contributed by atoms with Crippen molar-refractivity contribution in [3.05, 3.63) is 107 Å². The number of aliphatic imine (C=N–C) groups is 1. The van der Waals surface area contributed by atoms with E-state index < -0.39 is 17.6 Å². The first kappa shape index (κ1) is 30.1. The highest BCUT2D eigenvalue weighted by atomic mass is 19.1. The van der Waals surface area contributed by atoms with Crippen LogP contribution in [0.5, 0.6) is 11.8 Å². The number of halogens is 2. The van der Waals surface area contributed by atoms with E-state index in [1.165, 1.54) is 6.07 Å². The van der Waals surface area contributed by atoms with Crippen LogP contribution in [0.2, 0.25) is 0 Å². The number of nitrogens with one attached hydrogen (secondary N) is 1. The number of aromatic carboxylic acids is 1. The Hall–Kier alpha value is -5.35. The highest BCUT2D eigenvalue weighted by molar-refractivity contribution is 5.90. The van der Waals surface area contributed by atoms with E-state index in [9.17, 15) is 9.90 Å². The number of aromatic amines is 1. The molecule has 4 N–H and O–H groups in total. The lowest BCUT2D eigenvalue weighted by atomic mass is 9.98. The third kappa shape index (κ3) is 6.66. The van der Waals surface area contributed by atoms with E-state index in [0.717, 1.165) is 29.3 Å². The summed E-state index contributed by atoms with van der Waals surface area (Å²) in [6.07, 6.45) is 3.48. The summed E-state index contributed by atoms with van der Waals surface area (Å²) in [6, 6.07) is 20.1. The van der Waals surface area contributed by atoms with Gasteiger partial charge in [0.15, 0.2) is 5.82 Å². The van der Waals surface area contributed by atoms with Crippen LogP contribution in [0.15, 0.2) is 83.9 Å². The van der Waals surface area contributed by atoms with Gasteiger partial charge in [0.1, 0.15) is 17.1 Å². The van der Waals surface area contributed by atoms with Crippen molar-refractivity contribution in [3.8, 4) is 34.0 Å². The van der Waals surface area contributed by atoms with Gasteiger partial charge in [-0.1, -0.05) is 54.6 Å². The van der Waals surface area contributed by atoms with Crippen molar-refractivity contribution in [1.82, 2.24) is 14.9 Å². The average molecular weight is 596 g/mol. The fourth-order valence-electron chi connectivity index (χ4n) is 4.62. The van der Waals surface area contributed by atoms with E-state index in [-0.39, 0.29) is 33.9 Å². The van der Waals surface area contributed by atoms with Crippen LogP contribution in [0.1, 0.15) is 21.5 Å². The third-order valence-corrected chi connectivity index (χ3v) is 7.06. The maximum Gasteiger partial charge on any atom is 0.336 e. The molecule has 0 amide bonds. The van der Waals surface area contributed by atoms with Gasteiger partial charge < -0.3 is 25.5 Å². The summed E-state index contributed by atoms with van der Waals surface area (Å²) >= 11 is 0. The molecular weight excluding hydrogens is 564 g/mol. The maximum atomic E-state index is 15.6. The number of allylic oxidation sites excluding steroid dienone is 1. The number of aromatic nitrogens is 2. The Labute approximate surface area is 253 Å². The van der Waals surface area contributed by atoms with Crippen molar-refractivity contribution in [2.24, 2.45) is 10.7 Å². The number of carboxylic acid groups (broad SMARTS) is 1. The molecule has 8 nitrogen and oxygen atoms in total. The number of imidazole rings is 1. The first-order valence-electron chi connectivity index (χ1n) is 13.8. The van der Waals surface area contributed by atoms with Crippen molar-refractivity contribution in [3.63, 3.8) is 0 Å². The molecule has 0 aliphatic heterocycles. The number of hydrogen-bond acceptors (Lipinski definition) is 6. The molecule has 44 heavy (non-hydrogen) atoms. The minimum absolute atomic E-state index is 0.0649. The molecule has 10 heteroatoms. The normalized spacial score (nSPS) is 12.0. The quantitative estimate of drug-likeness (QED) is 0.151. The standard InChI is InChI=1S/C34H31F2N5O3/c1-20-4-13-25(18-26(20)33(42)43)44-34-39-29-19-27(35)30(31(36)32(29)40-34)24-11-7-22(8-12-24)21-5-9-23(10-6-21)28(37)14-15-38-16-17-41(2)3/h4-15,18-19H,16-17,37H2,1-3H3,(H,39,40)(H,42,43). The summed E-state index contributed by atoms with van der Waals surface area (Å²) in [5.41, 5.74) is 10.2. The number of hydrogen-bond donors (Lipinski definition) is 3. The average Bonchev–Trinajstić information content (AvgIpc) is 3.40. The highest BCUT2D eigenvalue weighted by Crippen LogP contribution is 2.34. The minimum atomic E-state index is -1.10. The molecule has 0 radical (unpaired) electrons. The lowest BCUT2D eigenvalue weighted by Gasteiger charge is -2.09. The molecule has 5 rings (SSSR count). The van der Waals surface area contributed by atoms with Gasteiger partial charge >= 0.3 is 5.97 Å². The molecule has 1 heterocycles. The van der Waals surface area contributed by atoms with Gasteiger partial charge in [0.25, 0.3) is 6.01 Å². The molecule has 0 aliphatic carbocycles. The topological polar surface area (TPSA) is 117 Å². The molecule has 0 fully saturated rings. The summed E-state index contributed by atoms with van der Waals surface area (Å²) in [4.78, 5) is 24.7. The van der Waals surface area contributed by atoms with E-state index in [4.69, 9.17) is 10.5 Å². The van der Waals surface area contributed by atoms with E-state index in [1.807, 2.05) is 38.4 Å².